The molecule has 3 aromatic rings. The van der Waals surface area contributed by atoms with Gasteiger partial charge in [-0.2, -0.15) is 0 Å². The van der Waals surface area contributed by atoms with E-state index in [0.29, 0.717) is 18.3 Å². The van der Waals surface area contributed by atoms with Crippen LogP contribution in [-0.4, -0.2) is 64.5 Å². The van der Waals surface area contributed by atoms with Gasteiger partial charge in [-0.05, 0) is 63.1 Å². The van der Waals surface area contributed by atoms with Gasteiger partial charge < -0.3 is 19.5 Å². The molecule has 6 heteroatoms. The molecule has 3 heterocycles. The number of hydrogen-bond acceptors (Lipinski definition) is 4. The maximum Gasteiger partial charge on any atom is 0.270 e. The largest absolute Gasteiger partial charge is 0.490 e. The molecule has 1 aliphatic heterocycles. The number of likely N-dealkylation sites (N-methyl/N-ethyl adjacent to an activating group) is 1. The highest BCUT2D eigenvalue weighted by Gasteiger charge is 2.22. The second-order valence-corrected chi connectivity index (χ2v) is 8.68. The van der Waals surface area contributed by atoms with Crippen LogP contribution in [0, 0.1) is 0 Å². The topological polar surface area (TPSA) is 61.5 Å². The van der Waals surface area contributed by atoms with Gasteiger partial charge in [0.25, 0.3) is 5.91 Å². The van der Waals surface area contributed by atoms with Crippen molar-refractivity contribution < 1.29 is 9.53 Å². The molecule has 0 saturated carbocycles. The molecule has 0 spiro atoms. The first-order valence-electron chi connectivity index (χ1n) is 11.2. The number of benzene rings is 1. The number of ether oxygens (including phenoxy) is 1. The number of nitrogens with zero attached hydrogens (tertiary/aromatic N) is 3. The Bertz CT molecular complexity index is 1010. The molecule has 0 aliphatic carbocycles. The molecule has 164 valence electrons. The Morgan fingerprint density at radius 2 is 2.03 bits per heavy atom. The summed E-state index contributed by atoms with van der Waals surface area (Å²) in [5, 5.41) is 0.999. The van der Waals surface area contributed by atoms with Crippen molar-refractivity contribution in [3.05, 3.63) is 60.0 Å². The van der Waals surface area contributed by atoms with Crippen LogP contribution in [0.1, 0.15) is 42.9 Å². The first kappa shape index (κ1) is 21.4. The van der Waals surface area contributed by atoms with E-state index in [1.54, 1.807) is 11.1 Å². The number of H-pyrrole nitrogens is 1. The lowest BCUT2D eigenvalue weighted by Crippen LogP contribution is -2.41. The number of fused-ring (bicyclic) bond motifs is 1. The second kappa shape index (κ2) is 9.52. The third-order valence-corrected chi connectivity index (χ3v) is 6.11. The minimum atomic E-state index is -0.0179. The number of rotatable bonds is 7. The van der Waals surface area contributed by atoms with Crippen molar-refractivity contribution in [2.24, 2.45) is 0 Å². The molecular weight excluding hydrogens is 388 g/mol. The Balaban J connectivity index is 1.37. The van der Waals surface area contributed by atoms with E-state index in [4.69, 9.17) is 4.74 Å². The second-order valence-electron chi connectivity index (χ2n) is 8.68. The van der Waals surface area contributed by atoms with Crippen LogP contribution in [0.3, 0.4) is 0 Å². The van der Waals surface area contributed by atoms with E-state index in [0.717, 1.165) is 54.7 Å². The van der Waals surface area contributed by atoms with E-state index in [1.165, 1.54) is 0 Å². The lowest BCUT2D eigenvalue weighted by molar-refractivity contribution is 0.0791. The summed E-state index contributed by atoms with van der Waals surface area (Å²) < 4.78 is 6.25. The fraction of sp³-hybridized carbons (Fsp3) is 0.440. The molecule has 1 amide bonds. The number of amides is 1. The van der Waals surface area contributed by atoms with Crippen molar-refractivity contribution in [1.29, 1.82) is 0 Å². The minimum absolute atomic E-state index is 0.0179. The van der Waals surface area contributed by atoms with E-state index in [1.807, 2.05) is 49.5 Å². The SMILES string of the molecule is CC(C)N1CCC(Oc2ccc3[nH]c(C(=O)N(C)CCc4ccccn4)cc3c2)CC1. The standard InChI is InChI=1S/C25H32N4O2/c1-18(2)29-14-10-21(11-15-29)31-22-7-8-23-19(16-22)17-24(27-23)25(30)28(3)13-9-20-6-4-5-12-26-20/h4-8,12,16-18,21,27H,9-11,13-15H2,1-3H3. The summed E-state index contributed by atoms with van der Waals surface area (Å²) in [6.45, 7) is 7.27. The van der Waals surface area contributed by atoms with Crippen LogP contribution in [-0.2, 0) is 6.42 Å². The van der Waals surface area contributed by atoms with Crippen molar-refractivity contribution in [2.45, 2.75) is 45.3 Å². The van der Waals surface area contributed by atoms with Crippen molar-refractivity contribution in [1.82, 2.24) is 19.8 Å². The van der Waals surface area contributed by atoms with Crippen LogP contribution in [0.15, 0.2) is 48.7 Å². The summed E-state index contributed by atoms with van der Waals surface area (Å²) in [5.74, 6) is 0.854. The molecule has 1 fully saturated rings. The van der Waals surface area contributed by atoms with Gasteiger partial charge in [-0.25, -0.2) is 0 Å². The average Bonchev–Trinajstić information content (AvgIpc) is 3.21. The lowest BCUT2D eigenvalue weighted by Gasteiger charge is -2.34. The minimum Gasteiger partial charge on any atom is -0.490 e. The highest BCUT2D eigenvalue weighted by atomic mass is 16.5. The molecule has 1 N–H and O–H groups in total. The number of hydrogen-bond donors (Lipinski definition) is 1. The Kier molecular flexibility index (Phi) is 6.56. The summed E-state index contributed by atoms with van der Waals surface area (Å²) >= 11 is 0. The molecule has 2 aromatic heterocycles. The molecule has 6 nitrogen and oxygen atoms in total. The zero-order valence-electron chi connectivity index (χ0n) is 18.7. The van der Waals surface area contributed by atoms with Gasteiger partial charge in [0.2, 0.25) is 0 Å². The highest BCUT2D eigenvalue weighted by molar-refractivity contribution is 5.98. The van der Waals surface area contributed by atoms with Crippen LogP contribution >= 0.6 is 0 Å². The molecule has 0 unspecified atom stereocenters. The van der Waals surface area contributed by atoms with Crippen LogP contribution in [0.2, 0.25) is 0 Å². The maximum atomic E-state index is 12.9. The molecule has 0 atom stereocenters. The van der Waals surface area contributed by atoms with Crippen LogP contribution in [0.5, 0.6) is 5.75 Å². The van der Waals surface area contributed by atoms with Gasteiger partial charge in [0.15, 0.2) is 0 Å². The van der Waals surface area contributed by atoms with E-state index in [-0.39, 0.29) is 12.0 Å². The first-order chi connectivity index (χ1) is 15.0. The van der Waals surface area contributed by atoms with Gasteiger partial charge in [0, 0.05) is 61.9 Å². The van der Waals surface area contributed by atoms with Crippen molar-refractivity contribution in [3.63, 3.8) is 0 Å². The third kappa shape index (κ3) is 5.25. The Labute approximate surface area is 184 Å². The Morgan fingerprint density at radius 3 is 2.74 bits per heavy atom. The number of carbonyl (C=O) groups is 1. The fourth-order valence-corrected chi connectivity index (χ4v) is 4.14. The zero-order chi connectivity index (χ0) is 21.8. The Hall–Kier alpha value is -2.86. The van der Waals surface area contributed by atoms with Gasteiger partial charge in [-0.3, -0.25) is 9.78 Å². The predicted octanol–water partition coefficient (Wildman–Crippen LogP) is 4.13. The van der Waals surface area contributed by atoms with Crippen molar-refractivity contribution in [2.75, 3.05) is 26.7 Å². The summed E-state index contributed by atoms with van der Waals surface area (Å²) in [6, 6.07) is 14.4. The quantitative estimate of drug-likeness (QED) is 0.624. The van der Waals surface area contributed by atoms with Crippen LogP contribution < -0.4 is 4.74 Å². The third-order valence-electron chi connectivity index (χ3n) is 6.11. The molecule has 1 aromatic carbocycles. The van der Waals surface area contributed by atoms with Gasteiger partial charge >= 0.3 is 0 Å². The maximum absolute atomic E-state index is 12.9. The molecule has 1 aliphatic rings. The van der Waals surface area contributed by atoms with E-state index < -0.39 is 0 Å². The molecule has 4 rings (SSSR count). The smallest absolute Gasteiger partial charge is 0.270 e. The van der Waals surface area contributed by atoms with Gasteiger partial charge in [-0.15, -0.1) is 0 Å². The molecule has 0 bridgehead atoms. The molecule has 1 saturated heterocycles. The summed E-state index contributed by atoms with van der Waals surface area (Å²) in [6.07, 6.45) is 4.87. The molecular formula is C25H32N4O2. The normalized spacial score (nSPS) is 15.5. The van der Waals surface area contributed by atoms with E-state index >= 15 is 0 Å². The summed E-state index contributed by atoms with van der Waals surface area (Å²) in [5.41, 5.74) is 2.53. The number of aromatic amines is 1. The van der Waals surface area contributed by atoms with Crippen molar-refractivity contribution >= 4 is 16.8 Å². The lowest BCUT2D eigenvalue weighted by atomic mass is 10.1. The number of piperidine rings is 1. The van der Waals surface area contributed by atoms with Crippen LogP contribution in [0.4, 0.5) is 0 Å². The molecule has 0 radical (unpaired) electrons. The summed E-state index contributed by atoms with van der Waals surface area (Å²) in [4.78, 5) is 24.7. The summed E-state index contributed by atoms with van der Waals surface area (Å²) in [7, 11) is 1.83. The number of nitrogens with one attached hydrogen (secondary N) is 1. The van der Waals surface area contributed by atoms with Crippen molar-refractivity contribution in [3.8, 4) is 5.75 Å². The number of pyridine rings is 1. The van der Waals surface area contributed by atoms with Gasteiger partial charge in [0.05, 0.1) is 0 Å². The van der Waals surface area contributed by atoms with E-state index in [2.05, 4.69) is 28.7 Å². The fourth-order valence-electron chi connectivity index (χ4n) is 4.14. The monoisotopic (exact) mass is 420 g/mol. The Morgan fingerprint density at radius 1 is 1.23 bits per heavy atom. The van der Waals surface area contributed by atoms with E-state index in [9.17, 15) is 4.79 Å². The number of likely N-dealkylation sites (tertiary alicyclic amines) is 1. The first-order valence-corrected chi connectivity index (χ1v) is 11.2. The molecule has 31 heavy (non-hydrogen) atoms. The average molecular weight is 421 g/mol. The number of carbonyl (C=O) groups excluding carboxylic acids is 1. The van der Waals surface area contributed by atoms with Gasteiger partial charge in [-0.1, -0.05) is 6.07 Å². The predicted molar refractivity (Wildman–Crippen MR) is 124 cm³/mol. The number of aromatic nitrogens is 2. The van der Waals surface area contributed by atoms with Crippen LogP contribution in [0.25, 0.3) is 10.9 Å². The van der Waals surface area contributed by atoms with Gasteiger partial charge in [0.1, 0.15) is 17.5 Å². The zero-order valence-corrected chi connectivity index (χ0v) is 18.7. The highest BCUT2D eigenvalue weighted by Crippen LogP contribution is 2.25.